The predicted octanol–water partition coefficient (Wildman–Crippen LogP) is 2.31. The Morgan fingerprint density at radius 1 is 1.36 bits per heavy atom. The number of benzene rings is 1. The number of hydrogen-bond acceptors (Lipinski definition) is 3. The maximum atomic E-state index is 12.0. The first-order valence-electron chi connectivity index (χ1n) is 7.87. The van der Waals surface area contributed by atoms with Crippen LogP contribution in [0.2, 0.25) is 5.02 Å². The van der Waals surface area contributed by atoms with Gasteiger partial charge in [0.2, 0.25) is 5.91 Å². The molecule has 2 saturated heterocycles. The van der Waals surface area contributed by atoms with E-state index in [2.05, 4.69) is 16.3 Å². The van der Waals surface area contributed by atoms with Crippen molar-refractivity contribution in [2.75, 3.05) is 33.4 Å². The average Bonchev–Trinajstić information content (AvgIpc) is 2.82. The molecule has 2 aliphatic heterocycles. The van der Waals surface area contributed by atoms with Crippen LogP contribution in [0.25, 0.3) is 0 Å². The van der Waals surface area contributed by atoms with Crippen LogP contribution in [-0.4, -0.2) is 44.2 Å². The first-order chi connectivity index (χ1) is 10.6. The Kier molecular flexibility index (Phi) is 4.71. The molecule has 0 aromatic heterocycles. The summed E-state index contributed by atoms with van der Waals surface area (Å²) in [4.78, 5) is 14.5. The van der Waals surface area contributed by atoms with Crippen molar-refractivity contribution in [3.63, 3.8) is 0 Å². The van der Waals surface area contributed by atoms with Crippen LogP contribution in [-0.2, 0) is 16.1 Å². The molecule has 5 heteroatoms. The van der Waals surface area contributed by atoms with E-state index in [1.807, 2.05) is 18.2 Å². The molecule has 0 bridgehead atoms. The lowest BCUT2D eigenvalue weighted by atomic mass is 9.71. The van der Waals surface area contributed by atoms with Gasteiger partial charge in [0, 0.05) is 30.6 Å². The van der Waals surface area contributed by atoms with Crippen LogP contribution in [0.1, 0.15) is 18.4 Å². The lowest BCUT2D eigenvalue weighted by Gasteiger charge is -2.41. The highest BCUT2D eigenvalue weighted by Gasteiger charge is 2.49. The van der Waals surface area contributed by atoms with Crippen molar-refractivity contribution in [1.82, 2.24) is 10.2 Å². The number of amides is 1. The van der Waals surface area contributed by atoms with Gasteiger partial charge < -0.3 is 10.1 Å². The van der Waals surface area contributed by atoms with Crippen LogP contribution in [0.4, 0.5) is 0 Å². The van der Waals surface area contributed by atoms with Crippen molar-refractivity contribution >= 4 is 17.5 Å². The van der Waals surface area contributed by atoms with E-state index in [4.69, 9.17) is 16.3 Å². The first kappa shape index (κ1) is 15.8. The maximum Gasteiger partial charge on any atom is 0.226 e. The minimum Gasteiger partial charge on any atom is -0.384 e. The van der Waals surface area contributed by atoms with Crippen molar-refractivity contribution in [2.45, 2.75) is 19.4 Å². The summed E-state index contributed by atoms with van der Waals surface area (Å²) in [6.07, 6.45) is 2.06. The molecule has 0 saturated carbocycles. The fourth-order valence-electron chi connectivity index (χ4n) is 3.76. The van der Waals surface area contributed by atoms with E-state index < -0.39 is 0 Å². The molecular weight excluding hydrogens is 300 g/mol. The molecule has 4 nitrogen and oxygen atoms in total. The minimum atomic E-state index is -0.0000340. The highest BCUT2D eigenvalue weighted by atomic mass is 35.5. The van der Waals surface area contributed by atoms with E-state index in [1.165, 1.54) is 5.56 Å². The standard InChI is InChI=1S/C17H23ClN2O2/c1-22-11-14-16(21)19-12-17(14)6-8-20(9-7-17)10-13-4-2-3-5-15(13)18/h2-5,14H,6-12H2,1H3,(H,19,21)/t14-/m0/s1. The van der Waals surface area contributed by atoms with Crippen LogP contribution in [0.5, 0.6) is 0 Å². The van der Waals surface area contributed by atoms with Crippen LogP contribution in [0.15, 0.2) is 24.3 Å². The summed E-state index contributed by atoms with van der Waals surface area (Å²) < 4.78 is 5.27. The normalized spacial score (nSPS) is 24.6. The van der Waals surface area contributed by atoms with Crippen molar-refractivity contribution < 1.29 is 9.53 Å². The monoisotopic (exact) mass is 322 g/mol. The third-order valence-corrected chi connectivity index (χ3v) is 5.58. The molecule has 0 radical (unpaired) electrons. The number of hydrogen-bond donors (Lipinski definition) is 1. The summed E-state index contributed by atoms with van der Waals surface area (Å²) in [5, 5.41) is 3.86. The third kappa shape index (κ3) is 3.00. The number of carbonyl (C=O) groups excluding carboxylic acids is 1. The van der Waals surface area contributed by atoms with Gasteiger partial charge in [-0.2, -0.15) is 0 Å². The molecule has 22 heavy (non-hydrogen) atoms. The van der Waals surface area contributed by atoms with Gasteiger partial charge in [0.15, 0.2) is 0 Å². The third-order valence-electron chi connectivity index (χ3n) is 5.21. The zero-order valence-corrected chi connectivity index (χ0v) is 13.7. The molecule has 1 aromatic carbocycles. The number of rotatable bonds is 4. The van der Waals surface area contributed by atoms with E-state index in [-0.39, 0.29) is 17.2 Å². The number of halogens is 1. The van der Waals surface area contributed by atoms with Crippen molar-refractivity contribution in [3.8, 4) is 0 Å². The number of piperidine rings is 1. The molecule has 120 valence electrons. The molecule has 2 fully saturated rings. The predicted molar refractivity (Wildman–Crippen MR) is 86.8 cm³/mol. The number of nitrogens with one attached hydrogen (secondary N) is 1. The molecule has 2 aliphatic rings. The number of carbonyl (C=O) groups is 1. The van der Waals surface area contributed by atoms with E-state index in [1.54, 1.807) is 7.11 Å². The highest BCUT2D eigenvalue weighted by molar-refractivity contribution is 6.31. The second kappa shape index (κ2) is 6.57. The van der Waals surface area contributed by atoms with Gasteiger partial charge in [0.05, 0.1) is 12.5 Å². The zero-order chi connectivity index (χ0) is 15.6. The van der Waals surface area contributed by atoms with Gasteiger partial charge >= 0.3 is 0 Å². The van der Waals surface area contributed by atoms with Crippen molar-refractivity contribution in [3.05, 3.63) is 34.9 Å². The lowest BCUT2D eigenvalue weighted by molar-refractivity contribution is -0.126. The molecule has 1 spiro atoms. The number of methoxy groups -OCH3 is 1. The van der Waals surface area contributed by atoms with Gasteiger partial charge in [-0.05, 0) is 37.6 Å². The summed E-state index contributed by atoms with van der Waals surface area (Å²) in [6.45, 7) is 4.20. The molecule has 2 heterocycles. The molecule has 0 aliphatic carbocycles. The van der Waals surface area contributed by atoms with E-state index >= 15 is 0 Å². The second-order valence-electron chi connectivity index (χ2n) is 6.46. The Morgan fingerprint density at radius 3 is 2.77 bits per heavy atom. The Bertz CT molecular complexity index is 541. The number of ether oxygens (including phenoxy) is 1. The summed E-state index contributed by atoms with van der Waals surface area (Å²) in [6, 6.07) is 8.01. The summed E-state index contributed by atoms with van der Waals surface area (Å²) >= 11 is 6.25. The van der Waals surface area contributed by atoms with Crippen LogP contribution >= 0.6 is 11.6 Å². The fourth-order valence-corrected chi connectivity index (χ4v) is 3.95. The highest BCUT2D eigenvalue weighted by Crippen LogP contribution is 2.42. The van der Waals surface area contributed by atoms with Gasteiger partial charge in [0.1, 0.15) is 0 Å². The van der Waals surface area contributed by atoms with Crippen molar-refractivity contribution in [1.29, 1.82) is 0 Å². The second-order valence-corrected chi connectivity index (χ2v) is 6.86. The van der Waals surface area contributed by atoms with Gasteiger partial charge in [-0.15, -0.1) is 0 Å². The molecule has 1 atom stereocenters. The Balaban J connectivity index is 1.63. The van der Waals surface area contributed by atoms with Crippen LogP contribution in [0.3, 0.4) is 0 Å². The van der Waals surface area contributed by atoms with E-state index in [0.717, 1.165) is 44.0 Å². The van der Waals surface area contributed by atoms with Gasteiger partial charge in [-0.1, -0.05) is 29.8 Å². The molecule has 1 N–H and O–H groups in total. The quantitative estimate of drug-likeness (QED) is 0.925. The average molecular weight is 323 g/mol. The largest absolute Gasteiger partial charge is 0.384 e. The Hall–Kier alpha value is -1.10. The Labute approximate surface area is 136 Å². The fraction of sp³-hybridized carbons (Fsp3) is 0.588. The smallest absolute Gasteiger partial charge is 0.226 e. The zero-order valence-electron chi connectivity index (χ0n) is 13.0. The number of likely N-dealkylation sites (tertiary alicyclic amines) is 1. The van der Waals surface area contributed by atoms with E-state index in [9.17, 15) is 4.79 Å². The minimum absolute atomic E-state index is 0.0000340. The summed E-state index contributed by atoms with van der Waals surface area (Å²) in [5.74, 6) is 0.154. The molecule has 3 rings (SSSR count). The SMILES string of the molecule is COC[C@H]1C(=O)NCC12CCN(Cc1ccccc1Cl)CC2. The molecule has 1 aromatic rings. The van der Waals surface area contributed by atoms with Gasteiger partial charge in [-0.3, -0.25) is 9.69 Å². The summed E-state index contributed by atoms with van der Waals surface area (Å²) in [7, 11) is 1.67. The first-order valence-corrected chi connectivity index (χ1v) is 8.25. The molecule has 0 unspecified atom stereocenters. The topological polar surface area (TPSA) is 41.6 Å². The summed E-state index contributed by atoms with van der Waals surface area (Å²) in [5.41, 5.74) is 1.25. The van der Waals surface area contributed by atoms with Crippen LogP contribution < -0.4 is 5.32 Å². The Morgan fingerprint density at radius 2 is 2.09 bits per heavy atom. The number of nitrogens with zero attached hydrogens (tertiary/aromatic N) is 1. The van der Waals surface area contributed by atoms with Gasteiger partial charge in [0.25, 0.3) is 0 Å². The maximum absolute atomic E-state index is 12.0. The van der Waals surface area contributed by atoms with Gasteiger partial charge in [-0.25, -0.2) is 0 Å². The lowest BCUT2D eigenvalue weighted by Crippen LogP contribution is -2.45. The molecule has 1 amide bonds. The van der Waals surface area contributed by atoms with E-state index in [0.29, 0.717) is 6.61 Å². The van der Waals surface area contributed by atoms with Crippen molar-refractivity contribution in [2.24, 2.45) is 11.3 Å². The van der Waals surface area contributed by atoms with Crippen LogP contribution in [0, 0.1) is 11.3 Å². The molecular formula is C17H23ClN2O2.